The summed E-state index contributed by atoms with van der Waals surface area (Å²) >= 11 is 6.46. The molecule has 1 saturated heterocycles. The minimum atomic E-state index is -0.890. The van der Waals surface area contributed by atoms with E-state index in [0.717, 1.165) is 16.0 Å². The van der Waals surface area contributed by atoms with Crippen molar-refractivity contribution in [1.82, 2.24) is 5.32 Å². The average Bonchev–Trinajstić information content (AvgIpc) is 2.82. The number of barbiturate groups is 1. The number of hydrogen-bond acceptors (Lipinski definition) is 6. The fraction of sp³-hybridized carbons (Fsp3) is 0.115. The molecule has 9 heteroatoms. The van der Waals surface area contributed by atoms with Gasteiger partial charge in [-0.25, -0.2) is 9.69 Å². The van der Waals surface area contributed by atoms with E-state index < -0.39 is 17.8 Å². The Morgan fingerprint density at radius 3 is 2.49 bits per heavy atom. The number of nitrogens with zero attached hydrogens (tertiary/aromatic N) is 1. The Hall–Kier alpha value is -4.30. The van der Waals surface area contributed by atoms with Gasteiger partial charge in [-0.1, -0.05) is 41.4 Å². The Bertz CT molecular complexity index is 1350. The molecule has 35 heavy (non-hydrogen) atoms. The lowest BCUT2D eigenvalue weighted by Gasteiger charge is -2.26. The minimum Gasteiger partial charge on any atom is -0.508 e. The first-order valence-corrected chi connectivity index (χ1v) is 10.9. The predicted molar refractivity (Wildman–Crippen MR) is 131 cm³/mol. The standard InChI is InChI=1S/C26H21ClN2O6/c1-15-4-3-5-16(10-15)14-35-23-21(27)12-17(13-22(23)34-2)11-20-24(31)28-26(33)29(25(20)32)18-6-8-19(30)9-7-18/h3-13,30H,14H2,1-2H3,(H,28,31,33)/b20-11+. The molecule has 1 fully saturated rings. The molecular formula is C26H21ClN2O6. The molecular weight excluding hydrogens is 472 g/mol. The van der Waals surface area contributed by atoms with Gasteiger partial charge in [-0.15, -0.1) is 0 Å². The second-order valence-corrected chi connectivity index (χ2v) is 8.19. The number of methoxy groups -OCH3 is 1. The topological polar surface area (TPSA) is 105 Å². The van der Waals surface area contributed by atoms with Crippen molar-refractivity contribution in [3.8, 4) is 17.2 Å². The number of phenols is 1. The van der Waals surface area contributed by atoms with E-state index in [1.165, 1.54) is 43.5 Å². The molecule has 0 atom stereocenters. The van der Waals surface area contributed by atoms with E-state index in [1.807, 2.05) is 31.2 Å². The summed E-state index contributed by atoms with van der Waals surface area (Å²) in [7, 11) is 1.45. The van der Waals surface area contributed by atoms with Crippen LogP contribution in [-0.4, -0.2) is 30.1 Å². The highest BCUT2D eigenvalue weighted by atomic mass is 35.5. The second kappa shape index (κ2) is 9.90. The summed E-state index contributed by atoms with van der Waals surface area (Å²) in [5, 5.41) is 11.9. The molecule has 0 aromatic heterocycles. The van der Waals surface area contributed by atoms with Gasteiger partial charge in [0.05, 0.1) is 17.8 Å². The maximum Gasteiger partial charge on any atom is 0.335 e. The largest absolute Gasteiger partial charge is 0.508 e. The summed E-state index contributed by atoms with van der Waals surface area (Å²) in [6.45, 7) is 2.25. The van der Waals surface area contributed by atoms with E-state index in [0.29, 0.717) is 17.1 Å². The molecule has 0 saturated carbocycles. The highest BCUT2D eigenvalue weighted by Gasteiger charge is 2.36. The molecule has 1 heterocycles. The third-order valence-electron chi connectivity index (χ3n) is 5.24. The summed E-state index contributed by atoms with van der Waals surface area (Å²) in [5.41, 5.74) is 2.37. The van der Waals surface area contributed by atoms with Gasteiger partial charge in [0, 0.05) is 0 Å². The van der Waals surface area contributed by atoms with Crippen molar-refractivity contribution in [2.24, 2.45) is 0 Å². The van der Waals surface area contributed by atoms with Gasteiger partial charge in [0.25, 0.3) is 11.8 Å². The Morgan fingerprint density at radius 1 is 1.06 bits per heavy atom. The van der Waals surface area contributed by atoms with Crippen molar-refractivity contribution in [2.45, 2.75) is 13.5 Å². The molecule has 8 nitrogen and oxygen atoms in total. The number of aromatic hydroxyl groups is 1. The van der Waals surface area contributed by atoms with Crippen LogP contribution in [0.4, 0.5) is 10.5 Å². The number of hydrogen-bond donors (Lipinski definition) is 2. The summed E-state index contributed by atoms with van der Waals surface area (Å²) < 4.78 is 11.3. The molecule has 3 aromatic rings. The van der Waals surface area contributed by atoms with Crippen molar-refractivity contribution < 1.29 is 29.0 Å². The fourth-order valence-electron chi connectivity index (χ4n) is 3.58. The van der Waals surface area contributed by atoms with Gasteiger partial charge < -0.3 is 14.6 Å². The molecule has 4 rings (SSSR count). The molecule has 2 N–H and O–H groups in total. The van der Waals surface area contributed by atoms with Crippen LogP contribution in [0.5, 0.6) is 17.2 Å². The van der Waals surface area contributed by atoms with Crippen LogP contribution in [0.2, 0.25) is 5.02 Å². The summed E-state index contributed by atoms with van der Waals surface area (Å²) in [6.07, 6.45) is 1.32. The molecule has 4 amide bonds. The quantitative estimate of drug-likeness (QED) is 0.384. The molecule has 1 aliphatic rings. The predicted octanol–water partition coefficient (Wildman–Crippen LogP) is 4.61. The van der Waals surface area contributed by atoms with E-state index in [-0.39, 0.29) is 28.6 Å². The SMILES string of the molecule is COc1cc(/C=C2\C(=O)NC(=O)N(c3ccc(O)cc3)C2=O)cc(Cl)c1OCc1cccc(C)c1. The zero-order chi connectivity index (χ0) is 25.1. The summed E-state index contributed by atoms with van der Waals surface area (Å²) in [4.78, 5) is 38.7. The van der Waals surface area contributed by atoms with Crippen LogP contribution in [0.25, 0.3) is 6.08 Å². The van der Waals surface area contributed by atoms with Crippen LogP contribution < -0.4 is 19.7 Å². The Morgan fingerprint density at radius 2 is 1.80 bits per heavy atom. The number of carbonyl (C=O) groups excluding carboxylic acids is 3. The zero-order valence-corrected chi connectivity index (χ0v) is 19.6. The lowest BCUT2D eigenvalue weighted by Crippen LogP contribution is -2.54. The molecule has 0 spiro atoms. The number of carbonyl (C=O) groups is 3. The first-order chi connectivity index (χ1) is 16.8. The van der Waals surface area contributed by atoms with Gasteiger partial charge in [-0.2, -0.15) is 0 Å². The first kappa shape index (κ1) is 23.8. The molecule has 178 valence electrons. The number of benzene rings is 3. The highest BCUT2D eigenvalue weighted by Crippen LogP contribution is 2.38. The van der Waals surface area contributed by atoms with E-state index in [1.54, 1.807) is 6.07 Å². The number of amides is 4. The van der Waals surface area contributed by atoms with E-state index in [4.69, 9.17) is 21.1 Å². The molecule has 1 aliphatic heterocycles. The zero-order valence-electron chi connectivity index (χ0n) is 18.9. The van der Waals surface area contributed by atoms with Gasteiger partial charge in [0.15, 0.2) is 11.5 Å². The molecule has 0 aliphatic carbocycles. The third-order valence-corrected chi connectivity index (χ3v) is 5.52. The second-order valence-electron chi connectivity index (χ2n) is 7.79. The monoisotopic (exact) mass is 492 g/mol. The van der Waals surface area contributed by atoms with Gasteiger partial charge in [-0.3, -0.25) is 14.9 Å². The molecule has 0 radical (unpaired) electrons. The smallest absolute Gasteiger partial charge is 0.335 e. The lowest BCUT2D eigenvalue weighted by atomic mass is 10.1. The maximum absolute atomic E-state index is 13.1. The third kappa shape index (κ3) is 5.12. The lowest BCUT2D eigenvalue weighted by molar-refractivity contribution is -0.122. The van der Waals surface area contributed by atoms with Crippen molar-refractivity contribution in [2.75, 3.05) is 12.0 Å². The fourth-order valence-corrected chi connectivity index (χ4v) is 3.85. The number of halogens is 1. The van der Waals surface area contributed by atoms with Gasteiger partial charge in [-0.05, 0) is 60.5 Å². The van der Waals surface area contributed by atoms with E-state index in [9.17, 15) is 19.5 Å². The number of nitrogens with one attached hydrogen (secondary N) is 1. The molecule has 0 unspecified atom stereocenters. The van der Waals surface area contributed by atoms with Crippen molar-refractivity contribution in [3.63, 3.8) is 0 Å². The number of phenolic OH excluding ortho intramolecular Hbond substituents is 1. The van der Waals surface area contributed by atoms with Gasteiger partial charge in [0.2, 0.25) is 0 Å². The Kier molecular flexibility index (Phi) is 6.75. The number of imide groups is 2. The highest BCUT2D eigenvalue weighted by molar-refractivity contribution is 6.39. The van der Waals surface area contributed by atoms with Crippen LogP contribution in [0, 0.1) is 6.92 Å². The number of ether oxygens (including phenoxy) is 2. The normalized spacial score (nSPS) is 14.8. The van der Waals surface area contributed by atoms with Crippen LogP contribution in [0.15, 0.2) is 66.2 Å². The number of anilines is 1. The van der Waals surface area contributed by atoms with E-state index >= 15 is 0 Å². The average molecular weight is 493 g/mol. The van der Waals surface area contributed by atoms with Crippen molar-refractivity contribution in [3.05, 3.63) is 87.9 Å². The van der Waals surface area contributed by atoms with Crippen molar-refractivity contribution >= 4 is 41.2 Å². The minimum absolute atomic E-state index is 0.0306. The number of aryl methyl sites for hydroxylation is 1. The van der Waals surface area contributed by atoms with Crippen LogP contribution in [0.1, 0.15) is 16.7 Å². The van der Waals surface area contributed by atoms with Gasteiger partial charge >= 0.3 is 6.03 Å². The van der Waals surface area contributed by atoms with Crippen LogP contribution >= 0.6 is 11.6 Å². The summed E-state index contributed by atoms with van der Waals surface area (Å²) in [5.74, 6) is -1.06. The summed E-state index contributed by atoms with van der Waals surface area (Å²) in [6, 6.07) is 15.5. The number of rotatable bonds is 6. The maximum atomic E-state index is 13.1. The van der Waals surface area contributed by atoms with Gasteiger partial charge in [0.1, 0.15) is 17.9 Å². The molecule has 0 bridgehead atoms. The van der Waals surface area contributed by atoms with E-state index in [2.05, 4.69) is 5.32 Å². The number of urea groups is 1. The Balaban J connectivity index is 1.64. The van der Waals surface area contributed by atoms with Crippen molar-refractivity contribution in [1.29, 1.82) is 0 Å². The van der Waals surface area contributed by atoms with Crippen LogP contribution in [0.3, 0.4) is 0 Å². The first-order valence-electron chi connectivity index (χ1n) is 10.5. The Labute approximate surface area is 206 Å². The van der Waals surface area contributed by atoms with Crippen LogP contribution in [-0.2, 0) is 16.2 Å². The molecule has 3 aromatic carbocycles.